The number of amides is 1. The fraction of sp³-hybridized carbons (Fsp3) is 0.0625. The molecule has 23 heavy (non-hydrogen) atoms. The van der Waals surface area contributed by atoms with Crippen molar-refractivity contribution in [2.24, 2.45) is 0 Å². The third-order valence-corrected chi connectivity index (χ3v) is 3.42. The summed E-state index contributed by atoms with van der Waals surface area (Å²) in [5.41, 5.74) is 0.766. The molecule has 0 fully saturated rings. The minimum Gasteiger partial charge on any atom is -0.452 e. The van der Waals surface area contributed by atoms with Crippen molar-refractivity contribution in [3.63, 3.8) is 0 Å². The molecule has 5 nitrogen and oxygen atoms in total. The number of halogens is 2. The van der Waals surface area contributed by atoms with Crippen LogP contribution >= 0.6 is 23.2 Å². The predicted molar refractivity (Wildman–Crippen MR) is 86.5 cm³/mol. The molecule has 0 heterocycles. The average molecular weight is 349 g/mol. The highest BCUT2D eigenvalue weighted by Crippen LogP contribution is 2.29. The quantitative estimate of drug-likeness (QED) is 0.855. The summed E-state index contributed by atoms with van der Waals surface area (Å²) < 4.78 is 4.89. The number of rotatable bonds is 4. The van der Waals surface area contributed by atoms with Crippen LogP contribution in [0, 0.1) is 11.3 Å². The molecular weight excluding hydrogens is 339 g/mol. The first-order chi connectivity index (χ1) is 11.0. The molecule has 0 radical (unpaired) electrons. The predicted octanol–water partition coefficient (Wildman–Crippen LogP) is 3.66. The van der Waals surface area contributed by atoms with Crippen molar-refractivity contribution in [1.82, 2.24) is 0 Å². The smallest absolute Gasteiger partial charge is 0.338 e. The summed E-state index contributed by atoms with van der Waals surface area (Å²) in [5, 5.41) is 11.8. The third kappa shape index (κ3) is 4.46. The second kappa shape index (κ2) is 7.63. The van der Waals surface area contributed by atoms with Crippen LogP contribution in [0.4, 0.5) is 5.69 Å². The highest BCUT2D eigenvalue weighted by Gasteiger charge is 2.13. The van der Waals surface area contributed by atoms with Gasteiger partial charge >= 0.3 is 5.97 Å². The van der Waals surface area contributed by atoms with Gasteiger partial charge in [0.15, 0.2) is 6.61 Å². The standard InChI is InChI=1S/C16H10Cl2N2O3/c17-12-5-2-6-13(18)15(12)20-14(21)9-23-16(22)11-4-1-3-10(7-11)8-19/h1-7H,9H2,(H,20,21). The Morgan fingerprint density at radius 3 is 2.43 bits per heavy atom. The van der Waals surface area contributed by atoms with E-state index >= 15 is 0 Å². The average Bonchev–Trinajstić information content (AvgIpc) is 2.56. The number of nitrogens with zero attached hydrogens (tertiary/aromatic N) is 1. The number of carbonyl (C=O) groups is 2. The molecule has 0 aliphatic rings. The zero-order valence-corrected chi connectivity index (χ0v) is 13.2. The molecule has 2 rings (SSSR count). The van der Waals surface area contributed by atoms with Crippen molar-refractivity contribution >= 4 is 40.8 Å². The summed E-state index contributed by atoms with van der Waals surface area (Å²) >= 11 is 11.9. The molecule has 1 amide bonds. The number of benzene rings is 2. The van der Waals surface area contributed by atoms with Crippen LogP contribution in [0.2, 0.25) is 10.0 Å². The van der Waals surface area contributed by atoms with Crippen molar-refractivity contribution in [2.75, 3.05) is 11.9 Å². The maximum atomic E-state index is 11.8. The van der Waals surface area contributed by atoms with Crippen molar-refractivity contribution in [2.45, 2.75) is 0 Å². The molecule has 0 atom stereocenters. The maximum absolute atomic E-state index is 11.8. The van der Waals surface area contributed by atoms with Gasteiger partial charge in [0.2, 0.25) is 0 Å². The van der Waals surface area contributed by atoms with E-state index in [-0.39, 0.29) is 21.3 Å². The van der Waals surface area contributed by atoms with Gasteiger partial charge in [-0.25, -0.2) is 4.79 Å². The van der Waals surface area contributed by atoms with E-state index in [1.807, 2.05) is 6.07 Å². The van der Waals surface area contributed by atoms with Gasteiger partial charge in [-0.3, -0.25) is 4.79 Å². The lowest BCUT2D eigenvalue weighted by molar-refractivity contribution is -0.119. The van der Waals surface area contributed by atoms with E-state index < -0.39 is 18.5 Å². The number of para-hydroxylation sites is 1. The van der Waals surface area contributed by atoms with Gasteiger partial charge in [-0.1, -0.05) is 35.3 Å². The number of ether oxygens (including phenoxy) is 1. The molecule has 1 N–H and O–H groups in total. The molecular formula is C16H10Cl2N2O3. The van der Waals surface area contributed by atoms with Gasteiger partial charge in [-0.15, -0.1) is 0 Å². The maximum Gasteiger partial charge on any atom is 0.338 e. The molecule has 116 valence electrons. The van der Waals surface area contributed by atoms with E-state index in [4.69, 9.17) is 33.2 Å². The molecule has 0 aromatic heterocycles. The first-order valence-electron chi connectivity index (χ1n) is 6.42. The monoisotopic (exact) mass is 348 g/mol. The van der Waals surface area contributed by atoms with Gasteiger partial charge in [0, 0.05) is 0 Å². The van der Waals surface area contributed by atoms with Crippen LogP contribution in [0.15, 0.2) is 42.5 Å². The van der Waals surface area contributed by atoms with E-state index in [0.717, 1.165) is 0 Å². The molecule has 7 heteroatoms. The highest BCUT2D eigenvalue weighted by atomic mass is 35.5. The van der Waals surface area contributed by atoms with Gasteiger partial charge in [-0.2, -0.15) is 5.26 Å². The molecule has 2 aromatic rings. The van der Waals surface area contributed by atoms with Crippen LogP contribution in [-0.2, 0) is 9.53 Å². The number of anilines is 1. The zero-order chi connectivity index (χ0) is 16.8. The molecule has 2 aromatic carbocycles. The van der Waals surface area contributed by atoms with Gasteiger partial charge < -0.3 is 10.1 Å². The molecule has 0 saturated heterocycles. The van der Waals surface area contributed by atoms with E-state index in [1.165, 1.54) is 12.1 Å². The molecule has 0 bridgehead atoms. The fourth-order valence-corrected chi connectivity index (χ4v) is 2.21. The van der Waals surface area contributed by atoms with Crippen LogP contribution in [-0.4, -0.2) is 18.5 Å². The number of hydrogen-bond acceptors (Lipinski definition) is 4. The summed E-state index contributed by atoms with van der Waals surface area (Å²) in [6, 6.07) is 12.7. The fourth-order valence-electron chi connectivity index (χ4n) is 1.72. The van der Waals surface area contributed by atoms with Crippen molar-refractivity contribution in [3.05, 3.63) is 63.6 Å². The Kier molecular flexibility index (Phi) is 5.58. The normalized spacial score (nSPS) is 9.78. The highest BCUT2D eigenvalue weighted by molar-refractivity contribution is 6.39. The van der Waals surface area contributed by atoms with Gasteiger partial charge in [0.05, 0.1) is 32.9 Å². The summed E-state index contributed by atoms with van der Waals surface area (Å²) in [7, 11) is 0. The lowest BCUT2D eigenvalue weighted by Gasteiger charge is -2.09. The number of esters is 1. The Morgan fingerprint density at radius 2 is 1.78 bits per heavy atom. The molecule has 0 aliphatic heterocycles. The largest absolute Gasteiger partial charge is 0.452 e. The number of nitriles is 1. The number of hydrogen-bond donors (Lipinski definition) is 1. The SMILES string of the molecule is N#Cc1cccc(C(=O)OCC(=O)Nc2c(Cl)cccc2Cl)c1. The van der Waals surface area contributed by atoms with Crippen LogP contribution in [0.3, 0.4) is 0 Å². The molecule has 0 spiro atoms. The third-order valence-electron chi connectivity index (χ3n) is 2.79. The molecule has 0 unspecified atom stereocenters. The van der Waals surface area contributed by atoms with Crippen LogP contribution in [0.1, 0.15) is 15.9 Å². The van der Waals surface area contributed by atoms with Crippen molar-refractivity contribution < 1.29 is 14.3 Å². The molecule has 0 aliphatic carbocycles. The van der Waals surface area contributed by atoms with Gasteiger partial charge in [0.25, 0.3) is 5.91 Å². The minimum atomic E-state index is -0.706. The minimum absolute atomic E-state index is 0.188. The first kappa shape index (κ1) is 16.8. The lowest BCUT2D eigenvalue weighted by Crippen LogP contribution is -2.21. The Bertz CT molecular complexity index is 780. The van der Waals surface area contributed by atoms with Gasteiger partial charge in [-0.05, 0) is 30.3 Å². The molecule has 0 saturated carbocycles. The Hall–Kier alpha value is -2.55. The van der Waals surface area contributed by atoms with Crippen molar-refractivity contribution in [1.29, 1.82) is 5.26 Å². The summed E-state index contributed by atoms with van der Waals surface area (Å²) in [4.78, 5) is 23.7. The lowest BCUT2D eigenvalue weighted by atomic mass is 10.1. The van der Waals surface area contributed by atoms with Gasteiger partial charge in [0.1, 0.15) is 0 Å². The number of nitrogens with one attached hydrogen (secondary N) is 1. The van der Waals surface area contributed by atoms with E-state index in [9.17, 15) is 9.59 Å². The second-order valence-corrected chi connectivity index (χ2v) is 5.23. The Balaban J connectivity index is 1.96. The first-order valence-corrected chi connectivity index (χ1v) is 7.18. The Labute approximate surface area is 142 Å². The van der Waals surface area contributed by atoms with E-state index in [2.05, 4.69) is 5.32 Å². The number of carbonyl (C=O) groups excluding carboxylic acids is 2. The van der Waals surface area contributed by atoms with Crippen LogP contribution < -0.4 is 5.32 Å². The second-order valence-electron chi connectivity index (χ2n) is 4.41. The van der Waals surface area contributed by atoms with E-state index in [1.54, 1.807) is 30.3 Å². The van der Waals surface area contributed by atoms with E-state index in [0.29, 0.717) is 5.56 Å². The Morgan fingerprint density at radius 1 is 1.13 bits per heavy atom. The summed E-state index contributed by atoms with van der Waals surface area (Å²) in [6.07, 6.45) is 0. The zero-order valence-electron chi connectivity index (χ0n) is 11.7. The van der Waals surface area contributed by atoms with Crippen LogP contribution in [0.5, 0.6) is 0 Å². The summed E-state index contributed by atoms with van der Waals surface area (Å²) in [6.45, 7) is -0.503. The van der Waals surface area contributed by atoms with Crippen molar-refractivity contribution in [3.8, 4) is 6.07 Å². The van der Waals surface area contributed by atoms with Crippen LogP contribution in [0.25, 0.3) is 0 Å². The topological polar surface area (TPSA) is 79.2 Å². The summed E-state index contributed by atoms with van der Waals surface area (Å²) in [5.74, 6) is -1.28.